The maximum Gasteiger partial charge on any atom is 0.433 e. The van der Waals surface area contributed by atoms with Gasteiger partial charge in [-0.15, -0.1) is 0 Å². The van der Waals surface area contributed by atoms with E-state index in [1.54, 1.807) is 24.3 Å². The number of thiazole rings is 1. The molecule has 15 heteroatoms. The highest BCUT2D eigenvalue weighted by Crippen LogP contribution is 2.52. The van der Waals surface area contributed by atoms with E-state index < -0.39 is 35.6 Å². The first-order valence-electron chi connectivity index (χ1n) is 14.4. The molecule has 10 nitrogen and oxygen atoms in total. The van der Waals surface area contributed by atoms with Crippen molar-refractivity contribution in [2.45, 2.75) is 44.3 Å². The normalized spacial score (nSPS) is 20.8. The molecule has 45 heavy (non-hydrogen) atoms. The number of aromatic nitrogens is 2. The van der Waals surface area contributed by atoms with Crippen LogP contribution in [0.3, 0.4) is 0 Å². The van der Waals surface area contributed by atoms with Crippen LogP contribution in [0, 0.1) is 17.3 Å². The predicted molar refractivity (Wildman–Crippen MR) is 157 cm³/mol. The van der Waals surface area contributed by atoms with Crippen LogP contribution < -0.4 is 10.6 Å². The Bertz CT molecular complexity index is 1720. The molecule has 1 aromatic carbocycles. The summed E-state index contributed by atoms with van der Waals surface area (Å²) in [5, 5.41) is 8.91. The topological polar surface area (TPSA) is 125 Å². The molecule has 3 fully saturated rings. The molecule has 7 rings (SSSR count). The van der Waals surface area contributed by atoms with Crippen LogP contribution in [0.15, 0.2) is 42.6 Å². The quantitative estimate of drug-likeness (QED) is 0.365. The number of carbonyl (C=O) groups excluding carboxylic acids is 4. The van der Waals surface area contributed by atoms with Crippen molar-refractivity contribution in [1.82, 2.24) is 25.3 Å². The number of fused-ring (bicyclic) bond motifs is 2. The standard InChI is InChI=1S/C30H26ClF3N6O4S/c31-23-26(45-25(38-23)16-7-8-20(35-12-16)30(32,33)34)36-21(41)11-19(15-5-6-15)24(42)37-22-17-3-1-2-4-18(17)27(43)39-13-29(9-10-29)14-40(39)28(22)44/h1-4,7-8,12,15,19,22H,5-6,9-11,13-14H2,(H,36,41)(H,37,42)/t19-,22-/m0/s1. The Hall–Kier alpha value is -4.04. The molecule has 2 saturated carbocycles. The van der Waals surface area contributed by atoms with Crippen LogP contribution >= 0.6 is 22.9 Å². The third-order valence-electron chi connectivity index (χ3n) is 8.82. The van der Waals surface area contributed by atoms with Gasteiger partial charge in [-0.3, -0.25) is 24.2 Å². The predicted octanol–water partition coefficient (Wildman–Crippen LogP) is 5.08. The van der Waals surface area contributed by atoms with Crippen molar-refractivity contribution in [3.63, 3.8) is 0 Å². The first kappa shape index (κ1) is 29.7. The lowest BCUT2D eigenvalue weighted by atomic mass is 9.95. The molecule has 4 heterocycles. The fourth-order valence-electron chi connectivity index (χ4n) is 6.02. The van der Waals surface area contributed by atoms with Gasteiger partial charge in [0.2, 0.25) is 11.8 Å². The van der Waals surface area contributed by atoms with Gasteiger partial charge in [0.25, 0.3) is 11.8 Å². The third kappa shape index (κ3) is 5.65. The van der Waals surface area contributed by atoms with Gasteiger partial charge in [0, 0.05) is 35.1 Å². The van der Waals surface area contributed by atoms with Crippen molar-refractivity contribution in [2.24, 2.45) is 17.3 Å². The van der Waals surface area contributed by atoms with Crippen molar-refractivity contribution in [1.29, 1.82) is 0 Å². The second kappa shape index (κ2) is 10.8. The number of anilines is 1. The smallest absolute Gasteiger partial charge is 0.340 e. The summed E-state index contributed by atoms with van der Waals surface area (Å²) in [7, 11) is 0. The number of halogens is 4. The Balaban J connectivity index is 1.06. The summed E-state index contributed by atoms with van der Waals surface area (Å²) >= 11 is 7.20. The first-order valence-corrected chi connectivity index (χ1v) is 15.6. The highest BCUT2D eigenvalue weighted by Gasteiger charge is 2.56. The van der Waals surface area contributed by atoms with E-state index in [1.165, 1.54) is 16.1 Å². The fraction of sp³-hybridized carbons (Fsp3) is 0.400. The zero-order valence-corrected chi connectivity index (χ0v) is 25.1. The number of alkyl halides is 3. The molecule has 2 aromatic heterocycles. The summed E-state index contributed by atoms with van der Waals surface area (Å²) in [4.78, 5) is 61.8. The molecule has 2 aliphatic carbocycles. The Morgan fingerprint density at radius 2 is 1.82 bits per heavy atom. The number of hydrazine groups is 1. The molecule has 3 aromatic rings. The van der Waals surface area contributed by atoms with Gasteiger partial charge in [-0.2, -0.15) is 13.2 Å². The van der Waals surface area contributed by atoms with E-state index in [1.807, 2.05) is 0 Å². The number of carbonyl (C=O) groups is 4. The van der Waals surface area contributed by atoms with Crippen LogP contribution in [0.1, 0.15) is 59.8 Å². The van der Waals surface area contributed by atoms with Crippen molar-refractivity contribution in [3.8, 4) is 10.6 Å². The zero-order valence-electron chi connectivity index (χ0n) is 23.6. The van der Waals surface area contributed by atoms with Crippen molar-refractivity contribution in [3.05, 3.63) is 64.6 Å². The molecule has 2 atom stereocenters. The van der Waals surface area contributed by atoms with Crippen LogP contribution in [0.4, 0.5) is 18.2 Å². The molecule has 4 aliphatic rings. The summed E-state index contributed by atoms with van der Waals surface area (Å²) in [6, 6.07) is 7.73. The van der Waals surface area contributed by atoms with E-state index in [-0.39, 0.29) is 44.7 Å². The van der Waals surface area contributed by atoms with Crippen LogP contribution in [-0.4, -0.2) is 56.7 Å². The van der Waals surface area contributed by atoms with E-state index in [0.29, 0.717) is 29.8 Å². The van der Waals surface area contributed by atoms with Crippen molar-refractivity contribution in [2.75, 3.05) is 18.4 Å². The van der Waals surface area contributed by atoms with E-state index in [9.17, 15) is 32.3 Å². The Morgan fingerprint density at radius 1 is 1.09 bits per heavy atom. The lowest BCUT2D eigenvalue weighted by molar-refractivity contribution is -0.145. The number of amides is 4. The van der Waals surface area contributed by atoms with Gasteiger partial charge in [-0.25, -0.2) is 15.0 Å². The molecule has 2 aliphatic heterocycles. The van der Waals surface area contributed by atoms with E-state index in [4.69, 9.17) is 11.6 Å². The van der Waals surface area contributed by atoms with Crippen molar-refractivity contribution >= 4 is 51.6 Å². The van der Waals surface area contributed by atoms with Gasteiger partial charge in [-0.1, -0.05) is 41.1 Å². The number of benzene rings is 1. The molecule has 4 amide bonds. The van der Waals surface area contributed by atoms with E-state index in [0.717, 1.165) is 49.3 Å². The van der Waals surface area contributed by atoms with Crippen LogP contribution in [0.2, 0.25) is 5.15 Å². The molecule has 1 saturated heterocycles. The van der Waals surface area contributed by atoms with Crippen molar-refractivity contribution < 1.29 is 32.3 Å². The monoisotopic (exact) mass is 658 g/mol. The molecule has 0 radical (unpaired) electrons. The second-order valence-electron chi connectivity index (χ2n) is 12.1. The molecule has 2 N–H and O–H groups in total. The minimum Gasteiger partial charge on any atom is -0.340 e. The lowest BCUT2D eigenvalue weighted by Gasteiger charge is -2.28. The van der Waals surface area contributed by atoms with Gasteiger partial charge in [-0.05, 0) is 55.4 Å². The average Bonchev–Trinajstić information content (AvgIpc) is 3.92. The number of nitrogens with one attached hydrogen (secondary N) is 2. The zero-order chi connectivity index (χ0) is 31.7. The van der Waals surface area contributed by atoms with Gasteiger partial charge in [0.1, 0.15) is 21.7 Å². The minimum absolute atomic E-state index is 0.0513. The number of nitrogens with zero attached hydrogens (tertiary/aromatic N) is 4. The van der Waals surface area contributed by atoms with Gasteiger partial charge in [0.15, 0.2) is 5.15 Å². The van der Waals surface area contributed by atoms with Gasteiger partial charge in [0.05, 0.1) is 13.1 Å². The highest BCUT2D eigenvalue weighted by molar-refractivity contribution is 7.19. The van der Waals surface area contributed by atoms with Crippen LogP contribution in [0.5, 0.6) is 0 Å². The summed E-state index contributed by atoms with van der Waals surface area (Å²) < 4.78 is 38.6. The summed E-state index contributed by atoms with van der Waals surface area (Å²) in [6.07, 6.45) is -0.385. The summed E-state index contributed by atoms with van der Waals surface area (Å²) in [5.41, 5.74) is -0.0582. The number of hydrogen-bond acceptors (Lipinski definition) is 7. The molecule has 234 valence electrons. The maximum absolute atomic E-state index is 13.8. The lowest BCUT2D eigenvalue weighted by Crippen LogP contribution is -2.48. The summed E-state index contributed by atoms with van der Waals surface area (Å²) in [6.45, 7) is 0.890. The van der Waals surface area contributed by atoms with Gasteiger partial charge < -0.3 is 10.6 Å². The number of hydrogen-bond donors (Lipinski definition) is 2. The molecule has 0 bridgehead atoms. The number of pyridine rings is 1. The maximum atomic E-state index is 13.8. The third-order valence-corrected chi connectivity index (χ3v) is 10.2. The molecular formula is C30H26ClF3N6O4S. The van der Waals surface area contributed by atoms with E-state index >= 15 is 0 Å². The summed E-state index contributed by atoms with van der Waals surface area (Å²) in [5.74, 6) is -2.42. The highest BCUT2D eigenvalue weighted by atomic mass is 35.5. The Kier molecular flexibility index (Phi) is 7.11. The fourth-order valence-corrected chi connectivity index (χ4v) is 7.18. The first-order chi connectivity index (χ1) is 21.4. The average molecular weight is 659 g/mol. The van der Waals surface area contributed by atoms with Gasteiger partial charge >= 0.3 is 6.18 Å². The second-order valence-corrected chi connectivity index (χ2v) is 13.4. The molecular weight excluding hydrogens is 633 g/mol. The van der Waals surface area contributed by atoms with Crippen LogP contribution in [-0.2, 0) is 20.6 Å². The molecule has 1 spiro atoms. The SMILES string of the molecule is O=C(C[C@H](C(=O)N[C@@H]1C(=O)N2CC3(CC3)CN2C(=O)c2ccccc21)C1CC1)Nc1sc(-c2ccc(C(F)(F)F)nc2)nc1Cl. The van der Waals surface area contributed by atoms with Crippen LogP contribution in [0.25, 0.3) is 10.6 Å². The minimum atomic E-state index is -4.58. The number of rotatable bonds is 7. The Labute approximate surface area is 263 Å². The molecule has 0 unspecified atom stereocenters. The Morgan fingerprint density at radius 3 is 2.49 bits per heavy atom. The largest absolute Gasteiger partial charge is 0.433 e. The van der Waals surface area contributed by atoms with E-state index in [2.05, 4.69) is 20.6 Å².